The molecule has 0 aliphatic rings. The third-order valence-electron chi connectivity index (χ3n) is 1.58. The lowest BCUT2D eigenvalue weighted by atomic mass is 10.2. The van der Waals surface area contributed by atoms with Gasteiger partial charge in [0.2, 0.25) is 0 Å². The Balaban J connectivity index is 2.62. The Morgan fingerprint density at radius 3 is 2.92 bits per heavy atom. The van der Waals surface area contributed by atoms with Crippen molar-refractivity contribution in [2.45, 2.75) is 19.9 Å². The average molecular weight is 177 g/mol. The van der Waals surface area contributed by atoms with E-state index in [4.69, 9.17) is 10.2 Å². The van der Waals surface area contributed by atoms with E-state index in [0.717, 1.165) is 11.3 Å². The molecule has 0 fully saturated rings. The van der Waals surface area contributed by atoms with Crippen molar-refractivity contribution < 1.29 is 4.42 Å². The predicted molar refractivity (Wildman–Crippen MR) is 55.1 cm³/mol. The number of rotatable bonds is 3. The molecule has 1 rings (SSSR count). The Hall–Kier alpha value is -1.28. The number of furan rings is 1. The van der Waals surface area contributed by atoms with Crippen LogP contribution in [0.1, 0.15) is 19.6 Å². The first kappa shape index (κ1) is 9.81. The van der Waals surface area contributed by atoms with E-state index >= 15 is 0 Å². The van der Waals surface area contributed by atoms with Crippen LogP contribution in [0.5, 0.6) is 0 Å². The maximum atomic E-state index is 5.58. The topological polar surface area (TPSA) is 39.2 Å². The molecule has 0 aromatic carbocycles. The highest BCUT2D eigenvalue weighted by Crippen LogP contribution is 2.07. The number of hydrogen-bond acceptors (Lipinski definition) is 2. The second-order valence-electron chi connectivity index (χ2n) is 3.12. The summed E-state index contributed by atoms with van der Waals surface area (Å²) >= 11 is 0. The summed E-state index contributed by atoms with van der Waals surface area (Å²) in [5.74, 6) is 0.867. The van der Waals surface area contributed by atoms with Gasteiger partial charge in [-0.2, -0.15) is 0 Å². The lowest BCUT2D eigenvalue weighted by Crippen LogP contribution is -2.10. The fourth-order valence-corrected chi connectivity index (χ4v) is 0.949. The van der Waals surface area contributed by atoms with Crippen LogP contribution in [0.15, 0.2) is 40.5 Å². The minimum Gasteiger partial charge on any atom is -0.465 e. The zero-order valence-corrected chi connectivity index (χ0v) is 8.03. The molecule has 70 valence electrons. The summed E-state index contributed by atoms with van der Waals surface area (Å²) in [6.45, 7) is 3.96. The van der Waals surface area contributed by atoms with Crippen molar-refractivity contribution in [3.8, 4) is 0 Å². The van der Waals surface area contributed by atoms with Gasteiger partial charge in [0.25, 0.3) is 0 Å². The third kappa shape index (κ3) is 3.76. The molecule has 0 saturated heterocycles. The molecule has 1 aromatic rings. The molecule has 2 nitrogen and oxygen atoms in total. The molecular weight excluding hydrogens is 162 g/mol. The Morgan fingerprint density at radius 2 is 2.38 bits per heavy atom. The van der Waals surface area contributed by atoms with E-state index in [2.05, 4.69) is 0 Å². The van der Waals surface area contributed by atoms with Gasteiger partial charge in [-0.15, -0.1) is 0 Å². The highest BCUT2D eigenvalue weighted by molar-refractivity contribution is 5.50. The second-order valence-corrected chi connectivity index (χ2v) is 3.12. The fourth-order valence-electron chi connectivity index (χ4n) is 0.949. The third-order valence-corrected chi connectivity index (χ3v) is 1.58. The van der Waals surface area contributed by atoms with E-state index in [-0.39, 0.29) is 6.04 Å². The second kappa shape index (κ2) is 4.67. The molecule has 0 aliphatic carbocycles. The molecule has 1 heterocycles. The number of allylic oxidation sites excluding steroid dienone is 2. The van der Waals surface area contributed by atoms with Crippen LogP contribution in [0.25, 0.3) is 6.08 Å². The first-order valence-electron chi connectivity index (χ1n) is 4.34. The molecule has 1 aromatic heterocycles. The van der Waals surface area contributed by atoms with Gasteiger partial charge >= 0.3 is 0 Å². The van der Waals surface area contributed by atoms with E-state index in [1.54, 1.807) is 6.26 Å². The minimum atomic E-state index is 0.0972. The Labute approximate surface area is 78.7 Å². The van der Waals surface area contributed by atoms with Crippen LogP contribution in [-0.4, -0.2) is 6.04 Å². The van der Waals surface area contributed by atoms with Gasteiger partial charge in [-0.3, -0.25) is 0 Å². The van der Waals surface area contributed by atoms with E-state index in [1.165, 1.54) is 0 Å². The smallest absolute Gasteiger partial charge is 0.126 e. The zero-order valence-electron chi connectivity index (χ0n) is 8.03. The van der Waals surface area contributed by atoms with Crippen LogP contribution in [0.4, 0.5) is 0 Å². The molecule has 1 atom stereocenters. The van der Waals surface area contributed by atoms with Crippen molar-refractivity contribution >= 4 is 6.08 Å². The van der Waals surface area contributed by atoms with Gasteiger partial charge < -0.3 is 10.2 Å². The molecular formula is C11H15NO. The SMILES string of the molecule is CC(/C=C/C(C)N)=C\c1ccco1. The molecule has 0 bridgehead atoms. The van der Waals surface area contributed by atoms with Gasteiger partial charge in [-0.05, 0) is 37.6 Å². The van der Waals surface area contributed by atoms with Crippen LogP contribution < -0.4 is 5.73 Å². The summed E-state index contributed by atoms with van der Waals surface area (Å²) < 4.78 is 5.17. The highest BCUT2D eigenvalue weighted by Gasteiger charge is 1.90. The predicted octanol–water partition coefficient (Wildman–Crippen LogP) is 2.59. The summed E-state index contributed by atoms with van der Waals surface area (Å²) in [6, 6.07) is 3.89. The van der Waals surface area contributed by atoms with Gasteiger partial charge in [0, 0.05) is 6.04 Å². The largest absolute Gasteiger partial charge is 0.465 e. The number of hydrogen-bond donors (Lipinski definition) is 1. The first-order valence-corrected chi connectivity index (χ1v) is 4.34. The van der Waals surface area contributed by atoms with Gasteiger partial charge in [-0.1, -0.05) is 12.2 Å². The summed E-state index contributed by atoms with van der Waals surface area (Å²) in [6.07, 6.45) is 7.58. The van der Waals surface area contributed by atoms with Crippen molar-refractivity contribution in [1.82, 2.24) is 0 Å². The van der Waals surface area contributed by atoms with Crippen molar-refractivity contribution in [3.63, 3.8) is 0 Å². The van der Waals surface area contributed by atoms with E-state index in [1.807, 2.05) is 44.2 Å². The Morgan fingerprint density at radius 1 is 1.62 bits per heavy atom. The molecule has 2 N–H and O–H groups in total. The zero-order chi connectivity index (χ0) is 9.68. The van der Waals surface area contributed by atoms with Gasteiger partial charge in [0.15, 0.2) is 0 Å². The normalized spacial score (nSPS) is 15.2. The van der Waals surface area contributed by atoms with Gasteiger partial charge in [-0.25, -0.2) is 0 Å². The van der Waals surface area contributed by atoms with Crippen molar-refractivity contribution in [2.24, 2.45) is 5.73 Å². The standard InChI is InChI=1S/C11H15NO/c1-9(5-6-10(2)12)8-11-4-3-7-13-11/h3-8,10H,12H2,1-2H3/b6-5+,9-8+. The molecule has 0 spiro atoms. The van der Waals surface area contributed by atoms with Crippen LogP contribution >= 0.6 is 0 Å². The van der Waals surface area contributed by atoms with E-state index in [9.17, 15) is 0 Å². The summed E-state index contributed by atoms with van der Waals surface area (Å²) in [5.41, 5.74) is 6.71. The Bertz CT molecular complexity index is 294. The summed E-state index contributed by atoms with van der Waals surface area (Å²) in [7, 11) is 0. The van der Waals surface area contributed by atoms with Crippen LogP contribution in [-0.2, 0) is 0 Å². The average Bonchev–Trinajstić information content (AvgIpc) is 2.53. The lowest BCUT2D eigenvalue weighted by molar-refractivity contribution is 0.556. The van der Waals surface area contributed by atoms with Gasteiger partial charge in [0.05, 0.1) is 6.26 Å². The monoisotopic (exact) mass is 177 g/mol. The first-order chi connectivity index (χ1) is 6.18. The summed E-state index contributed by atoms with van der Waals surface area (Å²) in [4.78, 5) is 0. The van der Waals surface area contributed by atoms with Crippen molar-refractivity contribution in [3.05, 3.63) is 41.9 Å². The number of nitrogens with two attached hydrogens (primary N) is 1. The van der Waals surface area contributed by atoms with Crippen LogP contribution in [0.3, 0.4) is 0 Å². The molecule has 0 saturated carbocycles. The molecule has 0 aliphatic heterocycles. The summed E-state index contributed by atoms with van der Waals surface area (Å²) in [5, 5.41) is 0. The molecule has 2 heteroatoms. The maximum absolute atomic E-state index is 5.58. The van der Waals surface area contributed by atoms with Crippen LogP contribution in [0, 0.1) is 0 Å². The molecule has 1 unspecified atom stereocenters. The minimum absolute atomic E-state index is 0.0972. The van der Waals surface area contributed by atoms with Crippen molar-refractivity contribution in [2.75, 3.05) is 0 Å². The maximum Gasteiger partial charge on any atom is 0.126 e. The lowest BCUT2D eigenvalue weighted by Gasteiger charge is -1.94. The molecule has 0 radical (unpaired) electrons. The quantitative estimate of drug-likeness (QED) is 0.721. The fraction of sp³-hybridized carbons (Fsp3) is 0.273. The highest BCUT2D eigenvalue weighted by atomic mass is 16.3. The molecule has 13 heavy (non-hydrogen) atoms. The van der Waals surface area contributed by atoms with Crippen LogP contribution in [0.2, 0.25) is 0 Å². The van der Waals surface area contributed by atoms with Crippen molar-refractivity contribution in [1.29, 1.82) is 0 Å². The molecule has 0 amide bonds. The van der Waals surface area contributed by atoms with Gasteiger partial charge in [0.1, 0.15) is 5.76 Å². The Kier molecular flexibility index (Phi) is 3.53. The van der Waals surface area contributed by atoms with E-state index in [0.29, 0.717) is 0 Å². The van der Waals surface area contributed by atoms with E-state index < -0.39 is 0 Å².